The fourth-order valence-corrected chi connectivity index (χ4v) is 5.14. The van der Waals surface area contributed by atoms with Crippen LogP contribution in [-0.2, 0) is 16.4 Å². The molecule has 1 fully saturated rings. The maximum absolute atomic E-state index is 12.8. The number of amides is 1. The molecular formula is C21H24N4O3S2. The molecule has 0 unspecified atom stereocenters. The number of aryl methyl sites for hydroxylation is 1. The van der Waals surface area contributed by atoms with Crippen molar-refractivity contribution in [3.8, 4) is 0 Å². The van der Waals surface area contributed by atoms with E-state index < -0.39 is 10.0 Å². The van der Waals surface area contributed by atoms with Gasteiger partial charge in [-0.2, -0.15) is 0 Å². The average Bonchev–Trinajstić information content (AvgIpc) is 3.16. The summed E-state index contributed by atoms with van der Waals surface area (Å²) in [6, 6.07) is 12.9. The van der Waals surface area contributed by atoms with Crippen molar-refractivity contribution in [1.82, 2.24) is 9.88 Å². The van der Waals surface area contributed by atoms with Crippen LogP contribution in [0.15, 0.2) is 42.5 Å². The first-order chi connectivity index (χ1) is 14.3. The minimum Gasteiger partial charge on any atom is -0.345 e. The minimum absolute atomic E-state index is 0.0440. The van der Waals surface area contributed by atoms with Gasteiger partial charge in [0.15, 0.2) is 5.13 Å². The number of sulfonamides is 1. The Balaban J connectivity index is 1.40. The molecule has 0 spiro atoms. The summed E-state index contributed by atoms with van der Waals surface area (Å²) in [5, 5.41) is 1.00. The molecule has 3 aromatic rings. The monoisotopic (exact) mass is 444 g/mol. The number of rotatable bonds is 5. The lowest BCUT2D eigenvalue weighted by Gasteiger charge is -2.34. The molecular weight excluding hydrogens is 420 g/mol. The van der Waals surface area contributed by atoms with Crippen LogP contribution in [0, 0.1) is 0 Å². The van der Waals surface area contributed by atoms with Gasteiger partial charge in [-0.05, 0) is 48.4 Å². The number of thiazole rings is 1. The lowest BCUT2D eigenvalue weighted by molar-refractivity contribution is 0.0747. The Morgan fingerprint density at radius 3 is 2.43 bits per heavy atom. The maximum Gasteiger partial charge on any atom is 0.253 e. The first-order valence-corrected chi connectivity index (χ1v) is 12.5. The summed E-state index contributed by atoms with van der Waals surface area (Å²) in [7, 11) is -3.33. The van der Waals surface area contributed by atoms with Crippen molar-refractivity contribution in [1.29, 1.82) is 0 Å². The second-order valence-corrected chi connectivity index (χ2v) is 10.1. The summed E-state index contributed by atoms with van der Waals surface area (Å²) < 4.78 is 26.2. The van der Waals surface area contributed by atoms with Crippen molar-refractivity contribution in [2.45, 2.75) is 13.3 Å². The number of carbonyl (C=O) groups is 1. The van der Waals surface area contributed by atoms with Gasteiger partial charge < -0.3 is 9.80 Å². The Morgan fingerprint density at radius 1 is 1.10 bits per heavy atom. The molecule has 7 nitrogen and oxygen atoms in total. The Labute approximate surface area is 180 Å². The van der Waals surface area contributed by atoms with Gasteiger partial charge in [-0.3, -0.25) is 9.52 Å². The van der Waals surface area contributed by atoms with E-state index in [0.29, 0.717) is 24.3 Å². The number of benzene rings is 2. The summed E-state index contributed by atoms with van der Waals surface area (Å²) >= 11 is 1.70. The quantitative estimate of drug-likeness (QED) is 0.654. The topological polar surface area (TPSA) is 82.6 Å². The van der Waals surface area contributed by atoms with Crippen LogP contribution in [-0.4, -0.2) is 56.6 Å². The fourth-order valence-electron chi connectivity index (χ4n) is 3.49. The van der Waals surface area contributed by atoms with Gasteiger partial charge >= 0.3 is 0 Å². The third kappa shape index (κ3) is 4.57. The SMILES string of the molecule is CCc1ccc2nc(N3CCN(C(=O)c4ccc(NS(C)(=O)=O)cc4)CC3)sc2c1. The molecule has 4 rings (SSSR count). The molecule has 158 valence electrons. The summed E-state index contributed by atoms with van der Waals surface area (Å²) in [6.07, 6.45) is 2.11. The number of nitrogens with zero attached hydrogens (tertiary/aromatic N) is 3. The summed E-state index contributed by atoms with van der Waals surface area (Å²) in [6.45, 7) is 4.87. The van der Waals surface area contributed by atoms with Gasteiger partial charge in [-0.15, -0.1) is 0 Å². The molecule has 0 atom stereocenters. The van der Waals surface area contributed by atoms with E-state index in [2.05, 4.69) is 34.7 Å². The summed E-state index contributed by atoms with van der Waals surface area (Å²) in [5.41, 5.74) is 3.33. The van der Waals surface area contributed by atoms with E-state index in [-0.39, 0.29) is 5.91 Å². The lowest BCUT2D eigenvalue weighted by atomic mass is 10.1. The molecule has 0 saturated carbocycles. The molecule has 0 aliphatic carbocycles. The standard InChI is InChI=1S/C21H24N4O3S2/c1-3-15-4-9-18-19(14-15)29-21(22-18)25-12-10-24(11-13-25)20(26)16-5-7-17(8-6-16)23-30(2,27)28/h4-9,14,23H,3,10-13H2,1-2H3. The molecule has 1 aliphatic heterocycles. The molecule has 1 N–H and O–H groups in total. The third-order valence-electron chi connectivity index (χ3n) is 5.12. The highest BCUT2D eigenvalue weighted by Crippen LogP contribution is 2.30. The Morgan fingerprint density at radius 2 is 1.80 bits per heavy atom. The van der Waals surface area contributed by atoms with Crippen LogP contribution in [0.4, 0.5) is 10.8 Å². The molecule has 0 radical (unpaired) electrons. The fraction of sp³-hybridized carbons (Fsp3) is 0.333. The third-order valence-corrected chi connectivity index (χ3v) is 6.81. The maximum atomic E-state index is 12.8. The summed E-state index contributed by atoms with van der Waals surface area (Å²) in [4.78, 5) is 21.6. The van der Waals surface area contributed by atoms with E-state index >= 15 is 0 Å². The Kier molecular flexibility index (Phi) is 5.66. The van der Waals surface area contributed by atoms with Crippen LogP contribution in [0.1, 0.15) is 22.8 Å². The highest BCUT2D eigenvalue weighted by atomic mass is 32.2. The van der Waals surface area contributed by atoms with Gasteiger partial charge in [0.05, 0.1) is 16.5 Å². The summed E-state index contributed by atoms with van der Waals surface area (Å²) in [5.74, 6) is -0.0440. The van der Waals surface area contributed by atoms with Crippen molar-refractivity contribution in [3.63, 3.8) is 0 Å². The van der Waals surface area contributed by atoms with Crippen molar-refractivity contribution in [3.05, 3.63) is 53.6 Å². The Bertz CT molecular complexity index is 1160. The number of fused-ring (bicyclic) bond motifs is 1. The van der Waals surface area contributed by atoms with Crippen LogP contribution < -0.4 is 9.62 Å². The zero-order valence-electron chi connectivity index (χ0n) is 17.0. The largest absolute Gasteiger partial charge is 0.345 e. The smallest absolute Gasteiger partial charge is 0.253 e. The van der Waals surface area contributed by atoms with E-state index in [9.17, 15) is 13.2 Å². The molecule has 1 saturated heterocycles. The van der Waals surface area contributed by atoms with Gasteiger partial charge in [0.2, 0.25) is 10.0 Å². The molecule has 2 aromatic carbocycles. The second-order valence-electron chi connectivity index (χ2n) is 7.38. The van der Waals surface area contributed by atoms with Crippen LogP contribution >= 0.6 is 11.3 Å². The predicted molar refractivity (Wildman–Crippen MR) is 122 cm³/mol. The predicted octanol–water partition coefficient (Wildman–Crippen LogP) is 3.19. The Hall–Kier alpha value is -2.65. The number of piperazine rings is 1. The first-order valence-electron chi connectivity index (χ1n) is 9.84. The molecule has 30 heavy (non-hydrogen) atoms. The van der Waals surface area contributed by atoms with Gasteiger partial charge in [0.1, 0.15) is 0 Å². The highest BCUT2D eigenvalue weighted by molar-refractivity contribution is 7.92. The molecule has 0 bridgehead atoms. The van der Waals surface area contributed by atoms with Crippen LogP contribution in [0.3, 0.4) is 0 Å². The van der Waals surface area contributed by atoms with E-state index in [4.69, 9.17) is 4.98 Å². The second kappa shape index (κ2) is 8.23. The van der Waals surface area contributed by atoms with Gasteiger partial charge in [0, 0.05) is 37.4 Å². The van der Waals surface area contributed by atoms with Crippen molar-refractivity contribution in [2.24, 2.45) is 0 Å². The van der Waals surface area contributed by atoms with Crippen LogP contribution in [0.2, 0.25) is 0 Å². The zero-order valence-corrected chi connectivity index (χ0v) is 18.6. The zero-order chi connectivity index (χ0) is 21.3. The average molecular weight is 445 g/mol. The molecule has 1 aliphatic rings. The van der Waals surface area contributed by atoms with Gasteiger partial charge in [0.25, 0.3) is 5.91 Å². The van der Waals surface area contributed by atoms with Crippen LogP contribution in [0.5, 0.6) is 0 Å². The molecule has 1 amide bonds. The number of hydrogen-bond donors (Lipinski definition) is 1. The molecule has 2 heterocycles. The first kappa shape index (κ1) is 20.6. The van der Waals surface area contributed by atoms with E-state index in [1.54, 1.807) is 35.6 Å². The van der Waals surface area contributed by atoms with E-state index in [1.807, 2.05) is 4.90 Å². The van der Waals surface area contributed by atoms with Crippen LogP contribution in [0.25, 0.3) is 10.2 Å². The number of hydrogen-bond acceptors (Lipinski definition) is 6. The lowest BCUT2D eigenvalue weighted by Crippen LogP contribution is -2.48. The van der Waals surface area contributed by atoms with Crippen molar-refractivity contribution in [2.75, 3.05) is 42.1 Å². The number of anilines is 2. The highest BCUT2D eigenvalue weighted by Gasteiger charge is 2.24. The van der Waals surface area contributed by atoms with Gasteiger partial charge in [-0.1, -0.05) is 24.3 Å². The van der Waals surface area contributed by atoms with Gasteiger partial charge in [-0.25, -0.2) is 13.4 Å². The minimum atomic E-state index is -3.33. The van der Waals surface area contributed by atoms with Crippen molar-refractivity contribution < 1.29 is 13.2 Å². The molecule has 9 heteroatoms. The molecule has 1 aromatic heterocycles. The number of nitrogens with one attached hydrogen (secondary N) is 1. The van der Waals surface area contributed by atoms with E-state index in [0.717, 1.165) is 36.4 Å². The number of aromatic nitrogens is 1. The van der Waals surface area contributed by atoms with E-state index in [1.165, 1.54) is 10.3 Å². The normalized spacial score (nSPS) is 14.9. The number of carbonyl (C=O) groups excluding carboxylic acids is 1. The van der Waals surface area contributed by atoms with Crippen molar-refractivity contribution >= 4 is 48.3 Å².